The highest BCUT2D eigenvalue weighted by Gasteiger charge is 2.36. The Morgan fingerprint density at radius 3 is 2.57 bits per heavy atom. The lowest BCUT2D eigenvalue weighted by Crippen LogP contribution is -2.31. The number of hydrogen-bond acceptors (Lipinski definition) is 5. The molecule has 6 heteroatoms. The molecule has 0 saturated heterocycles. The number of benzene rings is 2. The molecule has 2 N–H and O–H groups in total. The number of amides is 1. The third kappa shape index (κ3) is 4.52. The van der Waals surface area contributed by atoms with Gasteiger partial charge in [0, 0.05) is 22.5 Å². The molecule has 2 aromatic rings. The second-order valence-corrected chi connectivity index (χ2v) is 7.97. The molecule has 2 aromatic carbocycles. The highest BCUT2D eigenvalue weighted by Crippen LogP contribution is 2.43. The first kappa shape index (κ1) is 21.5. The SMILES string of the molecule is CCCSC1=C(C#N)C(c2ccccc2OC)C(C(=O)Nc2ccccc2)=C(C)N1. The van der Waals surface area contributed by atoms with E-state index in [2.05, 4.69) is 23.6 Å². The molecule has 0 fully saturated rings. The number of methoxy groups -OCH3 is 1. The number of dihydropyridines is 1. The number of nitrogens with one attached hydrogen (secondary N) is 2. The van der Waals surface area contributed by atoms with Gasteiger partial charge in [-0.3, -0.25) is 4.79 Å². The topological polar surface area (TPSA) is 74.1 Å². The monoisotopic (exact) mass is 419 g/mol. The average molecular weight is 420 g/mol. The Labute approximate surface area is 181 Å². The van der Waals surface area contributed by atoms with Crippen LogP contribution in [-0.2, 0) is 4.79 Å². The molecule has 5 nitrogen and oxygen atoms in total. The summed E-state index contributed by atoms with van der Waals surface area (Å²) in [5.41, 5.74) is 3.28. The molecule has 0 saturated carbocycles. The predicted octanol–water partition coefficient (Wildman–Crippen LogP) is 5.17. The van der Waals surface area contributed by atoms with E-state index in [1.165, 1.54) is 0 Å². The second kappa shape index (κ2) is 10.0. The Bertz CT molecular complexity index is 1020. The maximum atomic E-state index is 13.4. The summed E-state index contributed by atoms with van der Waals surface area (Å²) in [6.07, 6.45) is 0.984. The van der Waals surface area contributed by atoms with Crippen molar-refractivity contribution in [2.24, 2.45) is 0 Å². The molecule has 0 spiro atoms. The number of anilines is 1. The largest absolute Gasteiger partial charge is 0.496 e. The van der Waals surface area contributed by atoms with Crippen LogP contribution in [0.25, 0.3) is 0 Å². The van der Waals surface area contributed by atoms with Crippen LogP contribution in [0.1, 0.15) is 31.7 Å². The Morgan fingerprint density at radius 1 is 1.20 bits per heavy atom. The van der Waals surface area contributed by atoms with Crippen molar-refractivity contribution in [2.45, 2.75) is 26.2 Å². The van der Waals surface area contributed by atoms with Crippen molar-refractivity contribution in [2.75, 3.05) is 18.2 Å². The van der Waals surface area contributed by atoms with E-state index in [0.29, 0.717) is 22.6 Å². The zero-order valence-electron chi connectivity index (χ0n) is 17.4. The molecule has 1 heterocycles. The molecule has 3 rings (SSSR count). The Balaban J connectivity index is 2.11. The smallest absolute Gasteiger partial charge is 0.254 e. The van der Waals surface area contributed by atoms with Crippen LogP contribution in [0.5, 0.6) is 5.75 Å². The van der Waals surface area contributed by atoms with Gasteiger partial charge in [0.2, 0.25) is 0 Å². The molecule has 1 unspecified atom stereocenters. The quantitative estimate of drug-likeness (QED) is 0.647. The number of para-hydroxylation sites is 2. The van der Waals surface area contributed by atoms with Gasteiger partial charge in [0.15, 0.2) is 0 Å². The summed E-state index contributed by atoms with van der Waals surface area (Å²) in [5.74, 6) is 0.769. The molecule has 0 radical (unpaired) electrons. The maximum absolute atomic E-state index is 13.4. The minimum absolute atomic E-state index is 0.241. The zero-order valence-corrected chi connectivity index (χ0v) is 18.2. The number of ether oxygens (including phenoxy) is 1. The molecule has 154 valence electrons. The van der Waals surface area contributed by atoms with Crippen LogP contribution in [0.4, 0.5) is 5.69 Å². The lowest BCUT2D eigenvalue weighted by atomic mass is 9.81. The van der Waals surface area contributed by atoms with E-state index >= 15 is 0 Å². The zero-order chi connectivity index (χ0) is 21.5. The van der Waals surface area contributed by atoms with Gasteiger partial charge in [-0.25, -0.2) is 0 Å². The van der Waals surface area contributed by atoms with E-state index < -0.39 is 5.92 Å². The third-order valence-corrected chi connectivity index (χ3v) is 6.05. The van der Waals surface area contributed by atoms with Crippen molar-refractivity contribution >= 4 is 23.4 Å². The van der Waals surface area contributed by atoms with Crippen molar-refractivity contribution in [3.63, 3.8) is 0 Å². The number of nitriles is 1. The number of thioether (sulfide) groups is 1. The van der Waals surface area contributed by atoms with Crippen LogP contribution in [0.2, 0.25) is 0 Å². The van der Waals surface area contributed by atoms with Gasteiger partial charge in [0.05, 0.1) is 29.7 Å². The van der Waals surface area contributed by atoms with Crippen molar-refractivity contribution < 1.29 is 9.53 Å². The van der Waals surface area contributed by atoms with Gasteiger partial charge in [0.1, 0.15) is 5.75 Å². The van der Waals surface area contributed by atoms with Crippen LogP contribution in [0, 0.1) is 11.3 Å². The summed E-state index contributed by atoms with van der Waals surface area (Å²) in [5, 5.41) is 17.1. The first-order chi connectivity index (χ1) is 14.6. The number of hydrogen-bond donors (Lipinski definition) is 2. The van der Waals surface area contributed by atoms with E-state index in [-0.39, 0.29) is 5.91 Å². The van der Waals surface area contributed by atoms with E-state index in [4.69, 9.17) is 4.74 Å². The molecule has 30 heavy (non-hydrogen) atoms. The summed E-state index contributed by atoms with van der Waals surface area (Å²) in [6.45, 7) is 3.98. The normalized spacial score (nSPS) is 16.0. The number of carbonyl (C=O) groups is 1. The Morgan fingerprint density at radius 2 is 1.90 bits per heavy atom. The highest BCUT2D eigenvalue weighted by atomic mass is 32.2. The van der Waals surface area contributed by atoms with Crippen LogP contribution >= 0.6 is 11.8 Å². The minimum Gasteiger partial charge on any atom is -0.496 e. The van der Waals surface area contributed by atoms with E-state index in [9.17, 15) is 10.1 Å². The van der Waals surface area contributed by atoms with Gasteiger partial charge in [-0.15, -0.1) is 11.8 Å². The first-order valence-corrected chi connectivity index (χ1v) is 10.8. The minimum atomic E-state index is -0.518. The number of rotatable bonds is 7. The highest BCUT2D eigenvalue weighted by molar-refractivity contribution is 8.03. The first-order valence-electron chi connectivity index (χ1n) is 9.84. The summed E-state index contributed by atoms with van der Waals surface area (Å²) < 4.78 is 5.58. The Hall–Kier alpha value is -3.17. The van der Waals surface area contributed by atoms with Gasteiger partial charge < -0.3 is 15.4 Å². The number of nitrogens with zero attached hydrogens (tertiary/aromatic N) is 1. The third-order valence-electron chi connectivity index (χ3n) is 4.82. The molecular weight excluding hydrogens is 394 g/mol. The molecule has 0 bridgehead atoms. The van der Waals surface area contributed by atoms with E-state index in [1.807, 2.05) is 61.5 Å². The predicted molar refractivity (Wildman–Crippen MR) is 122 cm³/mol. The fraction of sp³-hybridized carbons (Fsp3) is 0.250. The van der Waals surface area contributed by atoms with E-state index in [0.717, 1.165) is 28.5 Å². The van der Waals surface area contributed by atoms with Gasteiger partial charge in [0.25, 0.3) is 5.91 Å². The van der Waals surface area contributed by atoms with Crippen molar-refractivity contribution in [1.29, 1.82) is 5.26 Å². The van der Waals surface area contributed by atoms with Gasteiger partial charge in [-0.1, -0.05) is 43.3 Å². The maximum Gasteiger partial charge on any atom is 0.254 e. The summed E-state index contributed by atoms with van der Waals surface area (Å²) in [7, 11) is 1.60. The van der Waals surface area contributed by atoms with Gasteiger partial charge >= 0.3 is 0 Å². The Kier molecular flexibility index (Phi) is 7.21. The van der Waals surface area contributed by atoms with Crippen LogP contribution in [0.3, 0.4) is 0 Å². The molecular formula is C24H25N3O2S. The fourth-order valence-electron chi connectivity index (χ4n) is 3.47. The summed E-state index contributed by atoms with van der Waals surface area (Å²) in [6, 6.07) is 19.2. The molecule has 1 aliphatic rings. The fourth-order valence-corrected chi connectivity index (χ4v) is 4.42. The van der Waals surface area contributed by atoms with Crippen molar-refractivity contribution in [1.82, 2.24) is 5.32 Å². The summed E-state index contributed by atoms with van der Waals surface area (Å²) in [4.78, 5) is 13.4. The van der Waals surface area contributed by atoms with E-state index in [1.54, 1.807) is 18.9 Å². The second-order valence-electron chi connectivity index (χ2n) is 6.86. The van der Waals surface area contributed by atoms with Gasteiger partial charge in [-0.05, 0) is 37.3 Å². The molecule has 0 aromatic heterocycles. The molecule has 1 aliphatic heterocycles. The van der Waals surface area contributed by atoms with Crippen LogP contribution in [0.15, 0.2) is 76.5 Å². The average Bonchev–Trinajstić information content (AvgIpc) is 2.77. The standard InChI is InChI=1S/C24H25N3O2S/c1-4-14-30-24-19(15-25)22(18-12-8-9-13-20(18)29-3)21(16(2)26-24)23(28)27-17-10-6-5-7-11-17/h5-13,22,26H,4,14H2,1-3H3,(H,27,28). The van der Waals surface area contributed by atoms with Crippen molar-refractivity contribution in [3.05, 3.63) is 82.0 Å². The molecule has 1 atom stereocenters. The number of allylic oxidation sites excluding steroid dienone is 2. The van der Waals surface area contributed by atoms with Gasteiger partial charge in [-0.2, -0.15) is 5.26 Å². The van der Waals surface area contributed by atoms with Crippen LogP contribution < -0.4 is 15.4 Å². The lowest BCUT2D eigenvalue weighted by molar-refractivity contribution is -0.113. The molecule has 0 aliphatic carbocycles. The lowest BCUT2D eigenvalue weighted by Gasteiger charge is -2.30. The van der Waals surface area contributed by atoms with Crippen LogP contribution in [-0.4, -0.2) is 18.8 Å². The number of carbonyl (C=O) groups excluding carboxylic acids is 1. The molecule has 1 amide bonds. The van der Waals surface area contributed by atoms with Crippen molar-refractivity contribution in [3.8, 4) is 11.8 Å². The summed E-state index contributed by atoms with van der Waals surface area (Å²) >= 11 is 1.60.